The number of nitrogens with zero attached hydrogens (tertiary/aromatic N) is 1. The van der Waals surface area contributed by atoms with Gasteiger partial charge in [0, 0.05) is 13.1 Å². The maximum atomic E-state index is 12.2. The number of ether oxygens (including phenoxy) is 1. The number of carboxylic acids is 1. The zero-order valence-electron chi connectivity index (χ0n) is 11.5. The highest BCUT2D eigenvalue weighted by Gasteiger charge is 2.41. The van der Waals surface area contributed by atoms with E-state index >= 15 is 0 Å². The Morgan fingerprint density at radius 1 is 1.32 bits per heavy atom. The lowest BCUT2D eigenvalue weighted by atomic mass is 9.74. The summed E-state index contributed by atoms with van der Waals surface area (Å²) in [6.07, 6.45) is 2.52. The van der Waals surface area contributed by atoms with E-state index in [2.05, 4.69) is 5.32 Å². The van der Waals surface area contributed by atoms with Crippen LogP contribution in [0.5, 0.6) is 0 Å². The Balaban J connectivity index is 1.94. The number of morpholine rings is 1. The van der Waals surface area contributed by atoms with Gasteiger partial charge >= 0.3 is 12.0 Å². The molecular weight excluding hydrogens is 248 g/mol. The van der Waals surface area contributed by atoms with Crippen molar-refractivity contribution >= 4 is 12.0 Å². The quantitative estimate of drug-likeness (QED) is 0.807. The molecule has 19 heavy (non-hydrogen) atoms. The molecule has 0 radical (unpaired) electrons. The standard InChI is InChI=1S/C13H22N2O4/c1-9-7-15(8-10(2)19-9)12(18)14-13(4-3-5-13)6-11(16)17/h9-10H,3-8H2,1-2H3,(H,14,18)(H,16,17). The number of rotatable bonds is 3. The summed E-state index contributed by atoms with van der Waals surface area (Å²) < 4.78 is 5.59. The third-order valence-electron chi connectivity index (χ3n) is 3.88. The first-order chi connectivity index (χ1) is 8.90. The summed E-state index contributed by atoms with van der Waals surface area (Å²) in [6, 6.07) is -0.164. The maximum absolute atomic E-state index is 12.2. The molecule has 6 nitrogen and oxygen atoms in total. The number of carboxylic acid groups (broad SMARTS) is 1. The molecule has 1 saturated heterocycles. The fraction of sp³-hybridized carbons (Fsp3) is 0.846. The minimum atomic E-state index is -0.858. The van der Waals surface area contributed by atoms with Crippen molar-refractivity contribution < 1.29 is 19.4 Å². The lowest BCUT2D eigenvalue weighted by Crippen LogP contribution is -2.60. The van der Waals surface area contributed by atoms with Gasteiger partial charge in [-0.3, -0.25) is 4.79 Å². The Labute approximate surface area is 113 Å². The summed E-state index contributed by atoms with van der Waals surface area (Å²) in [6.45, 7) is 4.98. The molecule has 6 heteroatoms. The third kappa shape index (κ3) is 3.37. The van der Waals surface area contributed by atoms with Crippen LogP contribution in [0.15, 0.2) is 0 Å². The Morgan fingerprint density at radius 3 is 2.32 bits per heavy atom. The second-order valence-electron chi connectivity index (χ2n) is 5.80. The van der Waals surface area contributed by atoms with Crippen LogP contribution in [0.25, 0.3) is 0 Å². The van der Waals surface area contributed by atoms with Crippen molar-refractivity contribution in [2.45, 2.75) is 57.3 Å². The number of amides is 2. The second-order valence-corrected chi connectivity index (χ2v) is 5.80. The molecule has 1 heterocycles. The molecule has 0 aromatic carbocycles. The van der Waals surface area contributed by atoms with Crippen LogP contribution in [-0.4, -0.2) is 52.8 Å². The molecule has 0 aromatic heterocycles. The monoisotopic (exact) mass is 270 g/mol. The predicted molar refractivity (Wildman–Crippen MR) is 68.9 cm³/mol. The van der Waals surface area contributed by atoms with Crippen LogP contribution in [0.2, 0.25) is 0 Å². The molecule has 2 atom stereocenters. The molecule has 108 valence electrons. The van der Waals surface area contributed by atoms with E-state index in [1.165, 1.54) is 0 Å². The molecule has 2 N–H and O–H groups in total. The van der Waals surface area contributed by atoms with E-state index in [1.54, 1.807) is 4.90 Å². The summed E-state index contributed by atoms with van der Waals surface area (Å²) in [5.74, 6) is -0.858. The summed E-state index contributed by atoms with van der Waals surface area (Å²) in [5, 5.41) is 11.9. The Morgan fingerprint density at radius 2 is 1.89 bits per heavy atom. The summed E-state index contributed by atoms with van der Waals surface area (Å²) in [7, 11) is 0. The summed E-state index contributed by atoms with van der Waals surface area (Å²) >= 11 is 0. The molecule has 0 bridgehead atoms. The summed E-state index contributed by atoms with van der Waals surface area (Å²) in [4.78, 5) is 24.9. The summed E-state index contributed by atoms with van der Waals surface area (Å²) in [5.41, 5.74) is -0.534. The van der Waals surface area contributed by atoms with Gasteiger partial charge in [0.2, 0.25) is 0 Å². The number of nitrogens with one attached hydrogen (secondary N) is 1. The minimum absolute atomic E-state index is 0.00812. The van der Waals surface area contributed by atoms with Gasteiger partial charge in [-0.1, -0.05) is 0 Å². The topological polar surface area (TPSA) is 78.9 Å². The van der Waals surface area contributed by atoms with Crippen molar-refractivity contribution in [2.24, 2.45) is 0 Å². The van der Waals surface area contributed by atoms with Crippen LogP contribution in [-0.2, 0) is 9.53 Å². The van der Waals surface area contributed by atoms with E-state index < -0.39 is 11.5 Å². The van der Waals surface area contributed by atoms with E-state index in [0.717, 1.165) is 19.3 Å². The molecule has 0 spiro atoms. The molecule has 1 aliphatic heterocycles. The van der Waals surface area contributed by atoms with Gasteiger partial charge in [0.05, 0.1) is 24.2 Å². The molecule has 1 aliphatic carbocycles. The molecule has 0 aromatic rings. The number of carbonyl (C=O) groups is 2. The normalized spacial score (nSPS) is 29.5. The van der Waals surface area contributed by atoms with Crippen molar-refractivity contribution in [1.82, 2.24) is 10.2 Å². The molecule has 2 fully saturated rings. The van der Waals surface area contributed by atoms with Gasteiger partial charge in [-0.15, -0.1) is 0 Å². The zero-order valence-corrected chi connectivity index (χ0v) is 11.5. The van der Waals surface area contributed by atoms with Gasteiger partial charge in [0.25, 0.3) is 0 Å². The Hall–Kier alpha value is -1.30. The largest absolute Gasteiger partial charge is 0.481 e. The van der Waals surface area contributed by atoms with Crippen LogP contribution in [0.4, 0.5) is 4.79 Å². The van der Waals surface area contributed by atoms with Crippen molar-refractivity contribution in [1.29, 1.82) is 0 Å². The van der Waals surface area contributed by atoms with Gasteiger partial charge in [0.1, 0.15) is 0 Å². The van der Waals surface area contributed by atoms with Gasteiger partial charge in [-0.05, 0) is 33.1 Å². The van der Waals surface area contributed by atoms with Crippen LogP contribution in [0.1, 0.15) is 39.5 Å². The molecular formula is C13H22N2O4. The van der Waals surface area contributed by atoms with Crippen LogP contribution < -0.4 is 5.32 Å². The van der Waals surface area contributed by atoms with Crippen molar-refractivity contribution in [3.63, 3.8) is 0 Å². The number of carbonyl (C=O) groups excluding carboxylic acids is 1. The van der Waals surface area contributed by atoms with Gasteiger partial charge in [0.15, 0.2) is 0 Å². The van der Waals surface area contributed by atoms with E-state index in [-0.39, 0.29) is 24.7 Å². The zero-order chi connectivity index (χ0) is 14.0. The van der Waals surface area contributed by atoms with Crippen molar-refractivity contribution in [2.75, 3.05) is 13.1 Å². The number of aliphatic carboxylic acids is 1. The van der Waals surface area contributed by atoms with E-state index in [0.29, 0.717) is 13.1 Å². The highest BCUT2D eigenvalue weighted by Crippen LogP contribution is 2.35. The average Bonchev–Trinajstić information content (AvgIpc) is 2.23. The lowest BCUT2D eigenvalue weighted by molar-refractivity contribution is -0.139. The van der Waals surface area contributed by atoms with Crippen LogP contribution in [0, 0.1) is 0 Å². The van der Waals surface area contributed by atoms with Gasteiger partial charge < -0.3 is 20.1 Å². The van der Waals surface area contributed by atoms with Gasteiger partial charge in [-0.2, -0.15) is 0 Å². The predicted octanol–water partition coefficient (Wildman–Crippen LogP) is 1.20. The molecule has 2 aliphatic rings. The third-order valence-corrected chi connectivity index (χ3v) is 3.88. The highest BCUT2D eigenvalue weighted by molar-refractivity contribution is 5.77. The second kappa shape index (κ2) is 5.36. The van der Waals surface area contributed by atoms with Crippen molar-refractivity contribution in [3.8, 4) is 0 Å². The lowest BCUT2D eigenvalue weighted by Gasteiger charge is -2.44. The number of urea groups is 1. The Kier molecular flexibility index (Phi) is 3.99. The first kappa shape index (κ1) is 14.1. The molecule has 2 unspecified atom stereocenters. The minimum Gasteiger partial charge on any atom is -0.481 e. The molecule has 2 rings (SSSR count). The van der Waals surface area contributed by atoms with Gasteiger partial charge in [-0.25, -0.2) is 4.79 Å². The van der Waals surface area contributed by atoms with Crippen molar-refractivity contribution in [3.05, 3.63) is 0 Å². The van der Waals surface area contributed by atoms with E-state index in [9.17, 15) is 9.59 Å². The smallest absolute Gasteiger partial charge is 0.318 e. The van der Waals surface area contributed by atoms with E-state index in [4.69, 9.17) is 9.84 Å². The number of hydrogen-bond acceptors (Lipinski definition) is 3. The fourth-order valence-corrected chi connectivity index (χ4v) is 2.89. The first-order valence-electron chi connectivity index (χ1n) is 6.84. The maximum Gasteiger partial charge on any atom is 0.318 e. The SMILES string of the molecule is CC1CN(C(=O)NC2(CC(=O)O)CCC2)CC(C)O1. The highest BCUT2D eigenvalue weighted by atomic mass is 16.5. The van der Waals surface area contributed by atoms with Crippen LogP contribution in [0.3, 0.4) is 0 Å². The number of hydrogen-bond donors (Lipinski definition) is 2. The fourth-order valence-electron chi connectivity index (χ4n) is 2.89. The Bertz CT molecular complexity index is 358. The van der Waals surface area contributed by atoms with E-state index in [1.807, 2.05) is 13.8 Å². The van der Waals surface area contributed by atoms with Crippen LogP contribution >= 0.6 is 0 Å². The first-order valence-corrected chi connectivity index (χ1v) is 6.84. The molecule has 2 amide bonds. The average molecular weight is 270 g/mol. The molecule has 1 saturated carbocycles.